The van der Waals surface area contributed by atoms with Gasteiger partial charge in [-0.3, -0.25) is 0 Å². The SMILES string of the molecule is COc1ccc(NC(=S)Nc2ccc(C(=O)O)c(O)c2)cc1. The molecule has 0 saturated heterocycles. The highest BCUT2D eigenvalue weighted by Crippen LogP contribution is 2.22. The Morgan fingerprint density at radius 3 is 2.23 bits per heavy atom. The van der Waals surface area contributed by atoms with Gasteiger partial charge in [0.25, 0.3) is 0 Å². The van der Waals surface area contributed by atoms with Crippen molar-refractivity contribution in [3.63, 3.8) is 0 Å². The van der Waals surface area contributed by atoms with Gasteiger partial charge in [-0.15, -0.1) is 0 Å². The lowest BCUT2D eigenvalue weighted by atomic mass is 10.2. The molecule has 0 aliphatic carbocycles. The van der Waals surface area contributed by atoms with Crippen LogP contribution in [0.5, 0.6) is 11.5 Å². The fourth-order valence-corrected chi connectivity index (χ4v) is 1.99. The van der Waals surface area contributed by atoms with Crippen LogP contribution in [0, 0.1) is 0 Å². The minimum absolute atomic E-state index is 0.167. The number of aromatic hydroxyl groups is 1. The first-order valence-electron chi connectivity index (χ1n) is 6.28. The number of ether oxygens (including phenoxy) is 1. The topological polar surface area (TPSA) is 90.8 Å². The molecule has 0 fully saturated rings. The quantitative estimate of drug-likeness (QED) is 0.644. The summed E-state index contributed by atoms with van der Waals surface area (Å²) < 4.78 is 5.06. The molecule has 0 aromatic heterocycles. The molecular weight excluding hydrogens is 304 g/mol. The van der Waals surface area contributed by atoms with Gasteiger partial charge in [-0.05, 0) is 48.6 Å². The van der Waals surface area contributed by atoms with E-state index in [0.717, 1.165) is 11.4 Å². The van der Waals surface area contributed by atoms with Crippen LogP contribution in [0.2, 0.25) is 0 Å². The average Bonchev–Trinajstić information content (AvgIpc) is 2.47. The highest BCUT2D eigenvalue weighted by atomic mass is 32.1. The number of carbonyl (C=O) groups is 1. The lowest BCUT2D eigenvalue weighted by molar-refractivity contribution is 0.0694. The van der Waals surface area contributed by atoms with Gasteiger partial charge in [0.15, 0.2) is 5.11 Å². The lowest BCUT2D eigenvalue weighted by Gasteiger charge is -2.11. The van der Waals surface area contributed by atoms with Crippen molar-refractivity contribution < 1.29 is 19.7 Å². The maximum Gasteiger partial charge on any atom is 0.339 e. The Labute approximate surface area is 132 Å². The second kappa shape index (κ2) is 6.77. The molecule has 0 aliphatic rings. The van der Waals surface area contributed by atoms with Gasteiger partial charge in [-0.2, -0.15) is 0 Å². The summed E-state index contributed by atoms with van der Waals surface area (Å²) in [7, 11) is 1.59. The van der Waals surface area contributed by atoms with Crippen LogP contribution < -0.4 is 15.4 Å². The van der Waals surface area contributed by atoms with Crippen LogP contribution in [-0.4, -0.2) is 28.4 Å². The normalized spacial score (nSPS) is 9.86. The van der Waals surface area contributed by atoms with Crippen molar-refractivity contribution in [2.45, 2.75) is 0 Å². The van der Waals surface area contributed by atoms with Crippen LogP contribution in [0.4, 0.5) is 11.4 Å². The Morgan fingerprint density at radius 2 is 1.68 bits per heavy atom. The van der Waals surface area contributed by atoms with E-state index in [4.69, 9.17) is 22.1 Å². The van der Waals surface area contributed by atoms with Crippen LogP contribution in [-0.2, 0) is 0 Å². The summed E-state index contributed by atoms with van der Waals surface area (Å²) in [6.45, 7) is 0. The molecule has 22 heavy (non-hydrogen) atoms. The molecule has 6 nitrogen and oxygen atoms in total. The minimum atomic E-state index is -1.19. The molecule has 0 heterocycles. The zero-order valence-electron chi connectivity index (χ0n) is 11.7. The first-order chi connectivity index (χ1) is 10.5. The minimum Gasteiger partial charge on any atom is -0.507 e. The third kappa shape index (κ3) is 3.86. The van der Waals surface area contributed by atoms with Crippen LogP contribution in [0.15, 0.2) is 42.5 Å². The molecule has 4 N–H and O–H groups in total. The van der Waals surface area contributed by atoms with Gasteiger partial charge in [-0.25, -0.2) is 4.79 Å². The second-order valence-corrected chi connectivity index (χ2v) is 4.75. The fraction of sp³-hybridized carbons (Fsp3) is 0.0667. The molecule has 0 amide bonds. The average molecular weight is 318 g/mol. The molecule has 0 bridgehead atoms. The summed E-state index contributed by atoms with van der Waals surface area (Å²) >= 11 is 5.16. The molecule has 2 rings (SSSR count). The Kier molecular flexibility index (Phi) is 4.80. The Morgan fingerprint density at radius 1 is 1.09 bits per heavy atom. The molecule has 0 atom stereocenters. The van der Waals surface area contributed by atoms with Crippen molar-refractivity contribution in [2.24, 2.45) is 0 Å². The summed E-state index contributed by atoms with van der Waals surface area (Å²) in [4.78, 5) is 10.8. The highest BCUT2D eigenvalue weighted by Gasteiger charge is 2.10. The Hall–Kier alpha value is -2.80. The lowest BCUT2D eigenvalue weighted by Crippen LogP contribution is -2.19. The van der Waals surface area contributed by atoms with E-state index in [-0.39, 0.29) is 11.3 Å². The number of methoxy groups -OCH3 is 1. The molecule has 0 radical (unpaired) electrons. The maximum absolute atomic E-state index is 10.8. The van der Waals surface area contributed by atoms with Crippen molar-refractivity contribution in [3.05, 3.63) is 48.0 Å². The first kappa shape index (κ1) is 15.6. The predicted molar refractivity (Wildman–Crippen MR) is 87.9 cm³/mol. The van der Waals surface area contributed by atoms with Crippen molar-refractivity contribution >= 4 is 34.7 Å². The van der Waals surface area contributed by atoms with E-state index in [2.05, 4.69) is 10.6 Å². The van der Waals surface area contributed by atoms with Crippen LogP contribution in [0.1, 0.15) is 10.4 Å². The smallest absolute Gasteiger partial charge is 0.339 e. The van der Waals surface area contributed by atoms with Crippen molar-refractivity contribution in [1.82, 2.24) is 0 Å². The van der Waals surface area contributed by atoms with Crippen molar-refractivity contribution in [2.75, 3.05) is 17.7 Å². The number of thiocarbonyl (C=S) groups is 1. The number of hydrogen-bond acceptors (Lipinski definition) is 4. The Bertz CT molecular complexity index is 701. The fourth-order valence-electron chi connectivity index (χ4n) is 1.76. The van der Waals surface area contributed by atoms with E-state index in [1.807, 2.05) is 0 Å². The molecule has 0 unspecified atom stereocenters. The monoisotopic (exact) mass is 318 g/mol. The van der Waals surface area contributed by atoms with Crippen molar-refractivity contribution in [3.8, 4) is 11.5 Å². The third-order valence-electron chi connectivity index (χ3n) is 2.83. The molecule has 2 aromatic rings. The number of hydrogen-bond donors (Lipinski definition) is 4. The summed E-state index contributed by atoms with van der Waals surface area (Å²) in [6.07, 6.45) is 0. The summed E-state index contributed by atoms with van der Waals surface area (Å²) in [5, 5.41) is 24.6. The number of nitrogens with one attached hydrogen (secondary N) is 2. The number of anilines is 2. The highest BCUT2D eigenvalue weighted by molar-refractivity contribution is 7.80. The van der Waals surface area contributed by atoms with Crippen LogP contribution in [0.3, 0.4) is 0 Å². The van der Waals surface area contributed by atoms with Gasteiger partial charge in [0.2, 0.25) is 0 Å². The van der Waals surface area contributed by atoms with Gasteiger partial charge in [0.05, 0.1) is 7.11 Å². The summed E-state index contributed by atoms with van der Waals surface area (Å²) in [5.74, 6) is -0.786. The van der Waals surface area contributed by atoms with E-state index in [9.17, 15) is 9.90 Å². The number of benzene rings is 2. The molecule has 0 spiro atoms. The van der Waals surface area contributed by atoms with E-state index in [0.29, 0.717) is 10.8 Å². The number of carboxylic acids is 1. The third-order valence-corrected chi connectivity index (χ3v) is 3.04. The number of rotatable bonds is 4. The Balaban J connectivity index is 2.02. The van der Waals surface area contributed by atoms with Gasteiger partial charge in [0.1, 0.15) is 17.1 Å². The molecule has 0 saturated carbocycles. The largest absolute Gasteiger partial charge is 0.507 e. The number of aromatic carboxylic acids is 1. The standard InChI is InChI=1S/C15H14N2O4S/c1-21-11-5-2-9(3-6-11)16-15(22)17-10-4-7-12(14(19)20)13(18)8-10/h2-8,18H,1H3,(H,19,20)(H2,16,17,22). The molecule has 2 aromatic carbocycles. The maximum atomic E-state index is 10.8. The number of carboxylic acid groups (broad SMARTS) is 1. The van der Waals surface area contributed by atoms with E-state index >= 15 is 0 Å². The van der Waals surface area contributed by atoms with Crippen LogP contribution in [0.25, 0.3) is 0 Å². The number of phenols is 1. The van der Waals surface area contributed by atoms with E-state index in [1.165, 1.54) is 18.2 Å². The van der Waals surface area contributed by atoms with E-state index in [1.54, 1.807) is 31.4 Å². The predicted octanol–water partition coefficient (Wildman–Crippen LogP) is 2.91. The molecular formula is C15H14N2O4S. The zero-order valence-corrected chi connectivity index (χ0v) is 12.5. The summed E-state index contributed by atoms with van der Waals surface area (Å²) in [6, 6.07) is 11.3. The van der Waals surface area contributed by atoms with Gasteiger partial charge >= 0.3 is 5.97 Å². The van der Waals surface area contributed by atoms with Gasteiger partial charge in [-0.1, -0.05) is 0 Å². The van der Waals surface area contributed by atoms with Crippen molar-refractivity contribution in [1.29, 1.82) is 0 Å². The van der Waals surface area contributed by atoms with Gasteiger partial charge in [0, 0.05) is 17.4 Å². The van der Waals surface area contributed by atoms with E-state index < -0.39 is 5.97 Å². The van der Waals surface area contributed by atoms with Gasteiger partial charge < -0.3 is 25.6 Å². The molecule has 7 heteroatoms. The zero-order chi connectivity index (χ0) is 16.1. The summed E-state index contributed by atoms with van der Waals surface area (Å²) in [5.41, 5.74) is 1.08. The second-order valence-electron chi connectivity index (χ2n) is 4.34. The molecule has 114 valence electrons. The van der Waals surface area contributed by atoms with Crippen LogP contribution >= 0.6 is 12.2 Å². The first-order valence-corrected chi connectivity index (χ1v) is 6.69. The molecule has 0 aliphatic heterocycles.